The number of nitrogens with zero attached hydrogens (tertiary/aromatic N) is 1. The minimum absolute atomic E-state index is 0.122. The van der Waals surface area contributed by atoms with Gasteiger partial charge in [-0.1, -0.05) is 30.3 Å². The molecule has 0 N–H and O–H groups in total. The van der Waals surface area contributed by atoms with Crippen molar-refractivity contribution in [2.45, 2.75) is 24.0 Å². The Bertz CT molecular complexity index is 745. The Kier molecular flexibility index (Phi) is 5.25. The standard InChI is InChI=1S/C20H23NO3S/c22-19(21-9-3-6-17(13-21)20-23-10-11-24-20)14-25-18-8-7-15-4-1-2-5-16(15)12-18/h1-2,4-5,7-8,12,17,20H,3,6,9-11,13-14H2. The average molecular weight is 357 g/mol. The summed E-state index contributed by atoms with van der Waals surface area (Å²) >= 11 is 1.62. The molecule has 0 radical (unpaired) electrons. The molecule has 132 valence electrons. The summed E-state index contributed by atoms with van der Waals surface area (Å²) in [6.45, 7) is 2.95. The molecule has 0 bridgehead atoms. The van der Waals surface area contributed by atoms with Crippen molar-refractivity contribution in [3.8, 4) is 0 Å². The van der Waals surface area contributed by atoms with E-state index in [4.69, 9.17) is 9.47 Å². The summed E-state index contributed by atoms with van der Waals surface area (Å²) in [4.78, 5) is 15.7. The molecule has 5 heteroatoms. The van der Waals surface area contributed by atoms with E-state index in [1.54, 1.807) is 11.8 Å². The molecule has 2 aliphatic rings. The zero-order valence-electron chi connectivity index (χ0n) is 14.2. The number of piperidine rings is 1. The highest BCUT2D eigenvalue weighted by atomic mass is 32.2. The van der Waals surface area contributed by atoms with Crippen LogP contribution in [-0.4, -0.2) is 49.2 Å². The number of thioether (sulfide) groups is 1. The second-order valence-electron chi connectivity index (χ2n) is 6.65. The number of fused-ring (bicyclic) bond motifs is 1. The lowest BCUT2D eigenvalue weighted by Crippen LogP contribution is -2.44. The third-order valence-corrected chi connectivity index (χ3v) is 5.90. The van der Waals surface area contributed by atoms with Crippen molar-refractivity contribution in [3.05, 3.63) is 42.5 Å². The second-order valence-corrected chi connectivity index (χ2v) is 7.70. The molecule has 25 heavy (non-hydrogen) atoms. The van der Waals surface area contributed by atoms with Crippen LogP contribution >= 0.6 is 11.8 Å². The highest BCUT2D eigenvalue weighted by Crippen LogP contribution is 2.27. The molecule has 1 unspecified atom stereocenters. The quantitative estimate of drug-likeness (QED) is 0.785. The summed E-state index contributed by atoms with van der Waals surface area (Å²) in [7, 11) is 0. The highest BCUT2D eigenvalue weighted by molar-refractivity contribution is 8.00. The van der Waals surface area contributed by atoms with Crippen LogP contribution in [0.15, 0.2) is 47.4 Å². The van der Waals surface area contributed by atoms with Gasteiger partial charge in [-0.3, -0.25) is 4.79 Å². The number of hydrogen-bond donors (Lipinski definition) is 0. The largest absolute Gasteiger partial charge is 0.350 e. The zero-order chi connectivity index (χ0) is 17.1. The van der Waals surface area contributed by atoms with Gasteiger partial charge in [-0.05, 0) is 35.7 Å². The van der Waals surface area contributed by atoms with E-state index in [0.717, 1.165) is 30.8 Å². The van der Waals surface area contributed by atoms with Crippen molar-refractivity contribution in [3.63, 3.8) is 0 Å². The number of rotatable bonds is 4. The maximum atomic E-state index is 12.6. The first-order valence-electron chi connectivity index (χ1n) is 8.92. The van der Waals surface area contributed by atoms with Crippen LogP contribution in [0, 0.1) is 5.92 Å². The van der Waals surface area contributed by atoms with Gasteiger partial charge in [-0.15, -0.1) is 11.8 Å². The van der Waals surface area contributed by atoms with Crippen molar-refractivity contribution in [2.75, 3.05) is 32.1 Å². The lowest BCUT2D eigenvalue weighted by Gasteiger charge is -2.34. The number of likely N-dealkylation sites (tertiary alicyclic amines) is 1. The molecular weight excluding hydrogens is 334 g/mol. The van der Waals surface area contributed by atoms with E-state index in [1.165, 1.54) is 10.8 Å². The van der Waals surface area contributed by atoms with Crippen molar-refractivity contribution < 1.29 is 14.3 Å². The van der Waals surface area contributed by atoms with Gasteiger partial charge in [0.1, 0.15) is 0 Å². The first kappa shape index (κ1) is 16.9. The summed E-state index contributed by atoms with van der Waals surface area (Å²) in [6.07, 6.45) is 1.98. The van der Waals surface area contributed by atoms with Crippen LogP contribution in [0.2, 0.25) is 0 Å². The fraction of sp³-hybridized carbons (Fsp3) is 0.450. The lowest BCUT2D eigenvalue weighted by molar-refractivity contribution is -0.136. The molecule has 2 aromatic rings. The van der Waals surface area contributed by atoms with E-state index in [1.807, 2.05) is 17.0 Å². The van der Waals surface area contributed by atoms with Gasteiger partial charge >= 0.3 is 0 Å². The monoisotopic (exact) mass is 357 g/mol. The first-order chi connectivity index (χ1) is 12.3. The number of ether oxygens (including phenoxy) is 2. The third kappa shape index (κ3) is 4.00. The van der Waals surface area contributed by atoms with E-state index < -0.39 is 0 Å². The fourth-order valence-corrected chi connectivity index (χ4v) is 4.45. The van der Waals surface area contributed by atoms with E-state index in [9.17, 15) is 4.79 Å². The predicted molar refractivity (Wildman–Crippen MR) is 99.7 cm³/mol. The van der Waals surface area contributed by atoms with Gasteiger partial charge in [0.15, 0.2) is 6.29 Å². The van der Waals surface area contributed by atoms with Gasteiger partial charge < -0.3 is 14.4 Å². The molecule has 0 saturated carbocycles. The molecule has 4 rings (SSSR count). The Hall–Kier alpha value is -1.56. The summed E-state index contributed by atoms with van der Waals surface area (Å²) in [6, 6.07) is 14.7. The van der Waals surface area contributed by atoms with E-state index in [2.05, 4.69) is 30.3 Å². The molecule has 0 aliphatic carbocycles. The van der Waals surface area contributed by atoms with Crippen LogP contribution in [0.25, 0.3) is 10.8 Å². The normalized spacial score (nSPS) is 21.8. The number of hydrogen-bond acceptors (Lipinski definition) is 4. The van der Waals surface area contributed by atoms with Crippen LogP contribution in [0.5, 0.6) is 0 Å². The van der Waals surface area contributed by atoms with Crippen molar-refractivity contribution in [1.82, 2.24) is 4.90 Å². The Morgan fingerprint density at radius 1 is 1.12 bits per heavy atom. The fourth-order valence-electron chi connectivity index (χ4n) is 3.60. The van der Waals surface area contributed by atoms with Gasteiger partial charge in [0.05, 0.1) is 19.0 Å². The zero-order valence-corrected chi connectivity index (χ0v) is 15.0. The van der Waals surface area contributed by atoms with Crippen molar-refractivity contribution in [2.24, 2.45) is 5.92 Å². The molecule has 2 aliphatic heterocycles. The Morgan fingerprint density at radius 2 is 1.92 bits per heavy atom. The smallest absolute Gasteiger partial charge is 0.232 e. The highest BCUT2D eigenvalue weighted by Gasteiger charge is 2.32. The van der Waals surface area contributed by atoms with Gasteiger partial charge in [0, 0.05) is 23.9 Å². The Balaban J connectivity index is 1.34. The van der Waals surface area contributed by atoms with Crippen molar-refractivity contribution >= 4 is 28.4 Å². The van der Waals surface area contributed by atoms with Crippen LogP contribution in [0.1, 0.15) is 12.8 Å². The SMILES string of the molecule is O=C(CSc1ccc2ccccc2c1)N1CCCC(C2OCCO2)C1. The minimum Gasteiger partial charge on any atom is -0.350 e. The summed E-state index contributed by atoms with van der Waals surface area (Å²) in [5, 5.41) is 2.45. The van der Waals surface area contributed by atoms with Gasteiger partial charge in [-0.25, -0.2) is 0 Å². The molecule has 2 fully saturated rings. The molecule has 0 spiro atoms. The molecule has 2 aromatic carbocycles. The van der Waals surface area contributed by atoms with E-state index >= 15 is 0 Å². The first-order valence-corrected chi connectivity index (χ1v) is 9.91. The van der Waals surface area contributed by atoms with Crippen LogP contribution in [-0.2, 0) is 14.3 Å². The maximum absolute atomic E-state index is 12.6. The van der Waals surface area contributed by atoms with Crippen LogP contribution in [0.3, 0.4) is 0 Å². The summed E-state index contributed by atoms with van der Waals surface area (Å²) in [5.74, 6) is 1.00. The molecule has 2 saturated heterocycles. The van der Waals surface area contributed by atoms with Gasteiger partial charge in [-0.2, -0.15) is 0 Å². The molecule has 2 heterocycles. The summed E-state index contributed by atoms with van der Waals surface area (Å²) in [5.41, 5.74) is 0. The molecular formula is C20H23NO3S. The number of carbonyl (C=O) groups excluding carboxylic acids is 1. The Morgan fingerprint density at radius 3 is 2.76 bits per heavy atom. The second kappa shape index (κ2) is 7.77. The van der Waals surface area contributed by atoms with E-state index in [-0.39, 0.29) is 12.2 Å². The van der Waals surface area contributed by atoms with Crippen molar-refractivity contribution in [1.29, 1.82) is 0 Å². The number of amides is 1. The van der Waals surface area contributed by atoms with E-state index in [0.29, 0.717) is 24.9 Å². The third-order valence-electron chi connectivity index (χ3n) is 4.93. The number of benzene rings is 2. The Labute approximate surface area is 152 Å². The predicted octanol–water partition coefficient (Wildman–Crippen LogP) is 3.54. The van der Waals surface area contributed by atoms with Crippen LogP contribution in [0.4, 0.5) is 0 Å². The van der Waals surface area contributed by atoms with Crippen LogP contribution < -0.4 is 0 Å². The molecule has 4 nitrogen and oxygen atoms in total. The molecule has 0 aromatic heterocycles. The topological polar surface area (TPSA) is 38.8 Å². The average Bonchev–Trinajstić information content (AvgIpc) is 3.21. The van der Waals surface area contributed by atoms with Gasteiger partial charge in [0.25, 0.3) is 0 Å². The molecule has 1 atom stereocenters. The van der Waals surface area contributed by atoms with Gasteiger partial charge in [0.2, 0.25) is 5.91 Å². The lowest BCUT2D eigenvalue weighted by atomic mass is 9.97. The minimum atomic E-state index is -0.122. The number of carbonyl (C=O) groups is 1. The summed E-state index contributed by atoms with van der Waals surface area (Å²) < 4.78 is 11.3. The maximum Gasteiger partial charge on any atom is 0.232 e. The molecule has 1 amide bonds.